The average molecular weight is 448 g/mol. The van der Waals surface area contributed by atoms with Crippen LogP contribution in [-0.2, 0) is 6.54 Å². The van der Waals surface area contributed by atoms with E-state index < -0.39 is 0 Å². The van der Waals surface area contributed by atoms with Crippen LogP contribution in [-0.4, -0.2) is 31.6 Å². The molecular formula is C13H20Cl2IN3S. The summed E-state index contributed by atoms with van der Waals surface area (Å²) in [7, 11) is 1.76. The summed E-state index contributed by atoms with van der Waals surface area (Å²) in [6.45, 7) is 1.53. The van der Waals surface area contributed by atoms with E-state index in [1.807, 2.05) is 23.9 Å². The molecule has 114 valence electrons. The van der Waals surface area contributed by atoms with Crippen molar-refractivity contribution >= 4 is 64.9 Å². The van der Waals surface area contributed by atoms with Gasteiger partial charge in [0.05, 0.1) is 0 Å². The monoisotopic (exact) mass is 447 g/mol. The molecule has 0 aliphatic rings. The molecule has 0 saturated heterocycles. The number of hydrogen-bond donors (Lipinski definition) is 2. The van der Waals surface area contributed by atoms with Crippen LogP contribution < -0.4 is 10.6 Å². The lowest BCUT2D eigenvalue weighted by molar-refractivity contribution is 0.786. The molecule has 0 spiro atoms. The molecule has 7 heteroatoms. The first kappa shape index (κ1) is 20.1. The fourth-order valence-corrected chi connectivity index (χ4v) is 2.40. The van der Waals surface area contributed by atoms with Gasteiger partial charge in [-0.05, 0) is 36.1 Å². The van der Waals surface area contributed by atoms with Crippen molar-refractivity contribution in [2.45, 2.75) is 13.0 Å². The minimum absolute atomic E-state index is 0. The third-order valence-electron chi connectivity index (χ3n) is 2.50. The maximum atomic E-state index is 6.11. The molecule has 0 unspecified atom stereocenters. The quantitative estimate of drug-likeness (QED) is 0.299. The van der Waals surface area contributed by atoms with Gasteiger partial charge in [-0.1, -0.05) is 29.3 Å². The van der Waals surface area contributed by atoms with Gasteiger partial charge in [0, 0.05) is 30.2 Å². The molecule has 20 heavy (non-hydrogen) atoms. The molecular weight excluding hydrogens is 428 g/mol. The van der Waals surface area contributed by atoms with Crippen LogP contribution in [0.25, 0.3) is 0 Å². The molecule has 0 aromatic heterocycles. The lowest BCUT2D eigenvalue weighted by Crippen LogP contribution is -2.37. The summed E-state index contributed by atoms with van der Waals surface area (Å²) in [5, 5.41) is 7.80. The molecule has 0 saturated carbocycles. The van der Waals surface area contributed by atoms with Crippen molar-refractivity contribution in [1.29, 1.82) is 0 Å². The first-order chi connectivity index (χ1) is 9.17. The second-order valence-corrected chi connectivity index (χ2v) is 5.76. The van der Waals surface area contributed by atoms with Gasteiger partial charge in [-0.25, -0.2) is 0 Å². The Balaban J connectivity index is 0.00000361. The maximum absolute atomic E-state index is 6.11. The number of thioether (sulfide) groups is 1. The molecule has 0 heterocycles. The molecule has 1 aromatic rings. The van der Waals surface area contributed by atoms with Crippen LogP contribution in [0.15, 0.2) is 23.2 Å². The highest BCUT2D eigenvalue weighted by Crippen LogP contribution is 2.20. The number of nitrogens with one attached hydrogen (secondary N) is 2. The Hall–Kier alpha value is 0.150. The van der Waals surface area contributed by atoms with Crippen molar-refractivity contribution in [2.75, 3.05) is 25.6 Å². The Morgan fingerprint density at radius 2 is 2.05 bits per heavy atom. The number of benzene rings is 1. The maximum Gasteiger partial charge on any atom is 0.191 e. The van der Waals surface area contributed by atoms with Gasteiger partial charge in [-0.2, -0.15) is 11.8 Å². The van der Waals surface area contributed by atoms with Crippen molar-refractivity contribution in [2.24, 2.45) is 4.99 Å². The normalized spacial score (nSPS) is 10.9. The van der Waals surface area contributed by atoms with Crippen molar-refractivity contribution < 1.29 is 0 Å². The second-order valence-electron chi connectivity index (χ2n) is 3.93. The summed E-state index contributed by atoms with van der Waals surface area (Å²) in [4.78, 5) is 4.17. The van der Waals surface area contributed by atoms with Crippen LogP contribution in [0.5, 0.6) is 0 Å². The van der Waals surface area contributed by atoms with Gasteiger partial charge in [-0.15, -0.1) is 24.0 Å². The van der Waals surface area contributed by atoms with Crippen molar-refractivity contribution in [1.82, 2.24) is 10.6 Å². The minimum atomic E-state index is 0. The molecule has 0 atom stereocenters. The van der Waals surface area contributed by atoms with E-state index in [2.05, 4.69) is 21.9 Å². The minimum Gasteiger partial charge on any atom is -0.356 e. The Bertz CT molecular complexity index is 430. The van der Waals surface area contributed by atoms with Crippen LogP contribution in [0.4, 0.5) is 0 Å². The van der Waals surface area contributed by atoms with E-state index in [4.69, 9.17) is 23.2 Å². The third kappa shape index (κ3) is 7.81. The summed E-state index contributed by atoms with van der Waals surface area (Å²) in [5.74, 6) is 1.93. The SMILES string of the molecule is CN=C(NCCCSC)NCc1ccc(Cl)cc1Cl.I. The van der Waals surface area contributed by atoms with Crippen molar-refractivity contribution in [3.63, 3.8) is 0 Å². The van der Waals surface area contributed by atoms with E-state index in [1.165, 1.54) is 0 Å². The predicted octanol–water partition coefficient (Wildman–Crippen LogP) is 4.03. The molecule has 0 fully saturated rings. The van der Waals surface area contributed by atoms with E-state index in [0.717, 1.165) is 30.2 Å². The topological polar surface area (TPSA) is 36.4 Å². The molecule has 2 N–H and O–H groups in total. The first-order valence-corrected chi connectivity index (χ1v) is 8.19. The average Bonchev–Trinajstić information content (AvgIpc) is 2.40. The van der Waals surface area contributed by atoms with E-state index in [1.54, 1.807) is 13.1 Å². The van der Waals surface area contributed by atoms with Gasteiger partial charge in [0.1, 0.15) is 0 Å². The summed E-state index contributed by atoms with van der Waals surface area (Å²) >= 11 is 13.8. The highest BCUT2D eigenvalue weighted by atomic mass is 127. The van der Waals surface area contributed by atoms with Crippen LogP contribution in [0.3, 0.4) is 0 Å². The standard InChI is InChI=1S/C13H19Cl2N3S.HI/c1-16-13(17-6-3-7-19-2)18-9-10-4-5-11(14)8-12(10)15;/h4-5,8H,3,6-7,9H2,1-2H3,(H2,16,17,18);1H. The van der Waals surface area contributed by atoms with E-state index in [9.17, 15) is 0 Å². The summed E-state index contributed by atoms with van der Waals surface area (Å²) < 4.78 is 0. The summed E-state index contributed by atoms with van der Waals surface area (Å²) in [6, 6.07) is 5.49. The number of guanidine groups is 1. The lowest BCUT2D eigenvalue weighted by atomic mass is 10.2. The van der Waals surface area contributed by atoms with E-state index in [0.29, 0.717) is 16.6 Å². The Kier molecular flexibility index (Phi) is 11.9. The zero-order chi connectivity index (χ0) is 14.1. The largest absolute Gasteiger partial charge is 0.356 e. The van der Waals surface area contributed by atoms with Crippen LogP contribution in [0, 0.1) is 0 Å². The van der Waals surface area contributed by atoms with Crippen molar-refractivity contribution in [3.05, 3.63) is 33.8 Å². The van der Waals surface area contributed by atoms with E-state index in [-0.39, 0.29) is 24.0 Å². The molecule has 1 rings (SSSR count). The lowest BCUT2D eigenvalue weighted by Gasteiger charge is -2.12. The fraction of sp³-hybridized carbons (Fsp3) is 0.462. The van der Waals surface area contributed by atoms with Gasteiger partial charge in [0.25, 0.3) is 0 Å². The van der Waals surface area contributed by atoms with Crippen molar-refractivity contribution in [3.8, 4) is 0 Å². The van der Waals surface area contributed by atoms with Gasteiger partial charge in [-0.3, -0.25) is 4.99 Å². The first-order valence-electron chi connectivity index (χ1n) is 6.04. The highest BCUT2D eigenvalue weighted by Gasteiger charge is 2.02. The summed E-state index contributed by atoms with van der Waals surface area (Å²) in [5.41, 5.74) is 0.998. The molecule has 0 amide bonds. The van der Waals surface area contributed by atoms with Gasteiger partial charge in [0.15, 0.2) is 5.96 Å². The predicted molar refractivity (Wildman–Crippen MR) is 103 cm³/mol. The molecule has 0 radical (unpaired) electrons. The van der Waals surface area contributed by atoms with Crippen LogP contribution in [0.1, 0.15) is 12.0 Å². The second kappa shape index (κ2) is 11.8. The highest BCUT2D eigenvalue weighted by molar-refractivity contribution is 14.0. The number of rotatable bonds is 6. The smallest absolute Gasteiger partial charge is 0.191 e. The molecule has 0 bridgehead atoms. The van der Waals surface area contributed by atoms with Gasteiger partial charge >= 0.3 is 0 Å². The molecule has 0 aliphatic heterocycles. The number of nitrogens with zero attached hydrogens (tertiary/aromatic N) is 1. The third-order valence-corrected chi connectivity index (χ3v) is 3.79. The van der Waals surface area contributed by atoms with Crippen LogP contribution in [0.2, 0.25) is 10.0 Å². The van der Waals surface area contributed by atoms with Gasteiger partial charge < -0.3 is 10.6 Å². The van der Waals surface area contributed by atoms with E-state index >= 15 is 0 Å². The molecule has 3 nitrogen and oxygen atoms in total. The number of halogens is 3. The Labute approximate surface area is 152 Å². The zero-order valence-electron chi connectivity index (χ0n) is 11.6. The molecule has 0 aliphatic carbocycles. The fourth-order valence-electron chi connectivity index (χ4n) is 1.49. The summed E-state index contributed by atoms with van der Waals surface area (Å²) in [6.07, 6.45) is 3.22. The number of aliphatic imine (C=N–C) groups is 1. The zero-order valence-corrected chi connectivity index (χ0v) is 16.2. The van der Waals surface area contributed by atoms with Crippen LogP contribution >= 0.6 is 58.9 Å². The number of hydrogen-bond acceptors (Lipinski definition) is 2. The molecule has 1 aromatic carbocycles. The Morgan fingerprint density at radius 3 is 2.65 bits per heavy atom. The Morgan fingerprint density at radius 1 is 1.30 bits per heavy atom. The van der Waals surface area contributed by atoms with Gasteiger partial charge in [0.2, 0.25) is 0 Å².